The van der Waals surface area contributed by atoms with Crippen molar-refractivity contribution < 1.29 is 9.53 Å². The molecule has 2 aliphatic heterocycles. The maximum absolute atomic E-state index is 12.8. The molecule has 0 spiro atoms. The summed E-state index contributed by atoms with van der Waals surface area (Å²) in [5.41, 5.74) is 2.28. The van der Waals surface area contributed by atoms with Gasteiger partial charge in [0.1, 0.15) is 5.75 Å². The normalized spacial score (nSPS) is 20.4. The van der Waals surface area contributed by atoms with Crippen LogP contribution < -0.4 is 9.64 Å². The first-order valence-corrected chi connectivity index (χ1v) is 11.0. The molecular formula is C23H33N5O2. The molecule has 1 atom stereocenters. The number of aryl methyl sites for hydroxylation is 2. The average molecular weight is 412 g/mol. The number of piperazine rings is 1. The Balaban J connectivity index is 1.29. The topological polar surface area (TPSA) is 53.8 Å². The van der Waals surface area contributed by atoms with Crippen LogP contribution in [0.5, 0.6) is 5.75 Å². The molecule has 1 amide bonds. The van der Waals surface area contributed by atoms with Gasteiger partial charge in [0, 0.05) is 70.2 Å². The average Bonchev–Trinajstić information content (AvgIpc) is 3.22. The molecule has 0 saturated carbocycles. The number of anilines is 1. The van der Waals surface area contributed by atoms with Crippen molar-refractivity contribution in [2.24, 2.45) is 0 Å². The fourth-order valence-corrected chi connectivity index (χ4v) is 4.69. The van der Waals surface area contributed by atoms with Gasteiger partial charge in [-0.15, -0.1) is 0 Å². The lowest BCUT2D eigenvalue weighted by Crippen LogP contribution is -2.56. The number of aromatic nitrogens is 2. The van der Waals surface area contributed by atoms with Gasteiger partial charge in [-0.05, 0) is 38.0 Å². The number of methoxy groups -OCH3 is 1. The number of para-hydroxylation sites is 2. The summed E-state index contributed by atoms with van der Waals surface area (Å²) in [5.74, 6) is 1.19. The zero-order valence-electron chi connectivity index (χ0n) is 18.2. The number of ether oxygens (including phenoxy) is 1. The fraction of sp³-hybridized carbons (Fsp3) is 0.565. The standard InChI is InChI=1S/C23H33N5O2/c1-19-9-11-24-28(19)13-10-23(29)27-12-5-6-20(18-27)25-14-16-26(17-15-25)21-7-3-4-8-22(21)30-2/h3-4,7-9,11,20H,5-6,10,12-18H2,1-2H3. The third-order valence-corrected chi connectivity index (χ3v) is 6.47. The first kappa shape index (κ1) is 20.7. The summed E-state index contributed by atoms with van der Waals surface area (Å²) >= 11 is 0. The van der Waals surface area contributed by atoms with E-state index in [1.807, 2.05) is 29.8 Å². The van der Waals surface area contributed by atoms with E-state index in [2.05, 4.69) is 31.9 Å². The second kappa shape index (κ2) is 9.51. The van der Waals surface area contributed by atoms with Crippen LogP contribution in [-0.4, -0.2) is 77.9 Å². The molecule has 0 N–H and O–H groups in total. The second-order valence-corrected chi connectivity index (χ2v) is 8.28. The van der Waals surface area contributed by atoms with Gasteiger partial charge in [-0.3, -0.25) is 14.4 Å². The summed E-state index contributed by atoms with van der Waals surface area (Å²) in [7, 11) is 1.73. The molecule has 1 aromatic heterocycles. The first-order chi connectivity index (χ1) is 14.7. The van der Waals surface area contributed by atoms with Crippen LogP contribution in [0.2, 0.25) is 0 Å². The number of benzene rings is 1. The van der Waals surface area contributed by atoms with Gasteiger partial charge in [0.15, 0.2) is 0 Å². The van der Waals surface area contributed by atoms with E-state index in [9.17, 15) is 4.79 Å². The molecule has 2 aromatic rings. The third-order valence-electron chi connectivity index (χ3n) is 6.47. The van der Waals surface area contributed by atoms with Gasteiger partial charge in [-0.25, -0.2) is 0 Å². The van der Waals surface area contributed by atoms with Crippen LogP contribution in [0.15, 0.2) is 36.5 Å². The monoisotopic (exact) mass is 411 g/mol. The minimum Gasteiger partial charge on any atom is -0.495 e. The number of rotatable bonds is 6. The summed E-state index contributed by atoms with van der Waals surface area (Å²) in [4.78, 5) is 19.8. The van der Waals surface area contributed by atoms with E-state index in [4.69, 9.17) is 4.74 Å². The van der Waals surface area contributed by atoms with Gasteiger partial charge in [-0.2, -0.15) is 5.10 Å². The van der Waals surface area contributed by atoms with Gasteiger partial charge in [0.25, 0.3) is 0 Å². The first-order valence-electron chi connectivity index (χ1n) is 11.0. The molecule has 30 heavy (non-hydrogen) atoms. The zero-order chi connectivity index (χ0) is 20.9. The number of nitrogens with zero attached hydrogens (tertiary/aromatic N) is 5. The van der Waals surface area contributed by atoms with Crippen LogP contribution in [0.1, 0.15) is 25.0 Å². The van der Waals surface area contributed by atoms with Crippen LogP contribution in [0.3, 0.4) is 0 Å². The molecule has 7 heteroatoms. The van der Waals surface area contributed by atoms with E-state index in [1.165, 1.54) is 12.1 Å². The van der Waals surface area contributed by atoms with Crippen molar-refractivity contribution in [2.45, 2.75) is 38.8 Å². The van der Waals surface area contributed by atoms with E-state index in [0.717, 1.165) is 57.1 Å². The van der Waals surface area contributed by atoms with Crippen LogP contribution in [0, 0.1) is 6.92 Å². The smallest absolute Gasteiger partial charge is 0.224 e. The molecule has 1 aromatic carbocycles. The highest BCUT2D eigenvalue weighted by atomic mass is 16.5. The Morgan fingerprint density at radius 2 is 1.93 bits per heavy atom. The number of carbonyl (C=O) groups excluding carboxylic acids is 1. The molecule has 0 aliphatic carbocycles. The largest absolute Gasteiger partial charge is 0.495 e. The Labute approximate surface area is 179 Å². The molecule has 1 unspecified atom stereocenters. The highest BCUT2D eigenvalue weighted by Crippen LogP contribution is 2.29. The highest BCUT2D eigenvalue weighted by Gasteiger charge is 2.30. The van der Waals surface area contributed by atoms with Gasteiger partial charge in [-0.1, -0.05) is 12.1 Å². The van der Waals surface area contributed by atoms with E-state index in [0.29, 0.717) is 19.0 Å². The minimum absolute atomic E-state index is 0.252. The van der Waals surface area contributed by atoms with Gasteiger partial charge < -0.3 is 14.5 Å². The highest BCUT2D eigenvalue weighted by molar-refractivity contribution is 5.76. The summed E-state index contributed by atoms with van der Waals surface area (Å²) in [6.45, 7) is 8.46. The molecule has 2 fully saturated rings. The fourth-order valence-electron chi connectivity index (χ4n) is 4.69. The molecular weight excluding hydrogens is 378 g/mol. The summed E-state index contributed by atoms with van der Waals surface area (Å²) in [5, 5.41) is 4.29. The summed E-state index contributed by atoms with van der Waals surface area (Å²) < 4.78 is 7.45. The molecule has 2 aliphatic rings. The predicted octanol–water partition coefficient (Wildman–Crippen LogP) is 2.40. The van der Waals surface area contributed by atoms with Crippen molar-refractivity contribution >= 4 is 11.6 Å². The minimum atomic E-state index is 0.252. The van der Waals surface area contributed by atoms with Crippen molar-refractivity contribution in [2.75, 3.05) is 51.3 Å². The van der Waals surface area contributed by atoms with Crippen molar-refractivity contribution in [3.05, 3.63) is 42.2 Å². The number of hydrogen-bond acceptors (Lipinski definition) is 5. The van der Waals surface area contributed by atoms with Crippen molar-refractivity contribution in [3.8, 4) is 5.75 Å². The van der Waals surface area contributed by atoms with Crippen LogP contribution >= 0.6 is 0 Å². The molecule has 4 rings (SSSR count). The molecule has 162 valence electrons. The lowest BCUT2D eigenvalue weighted by atomic mass is 10.0. The number of piperidine rings is 1. The molecule has 3 heterocycles. The predicted molar refractivity (Wildman–Crippen MR) is 118 cm³/mol. The van der Waals surface area contributed by atoms with E-state index < -0.39 is 0 Å². The van der Waals surface area contributed by atoms with Gasteiger partial charge >= 0.3 is 0 Å². The lowest BCUT2D eigenvalue weighted by Gasteiger charge is -2.44. The van der Waals surface area contributed by atoms with Crippen molar-refractivity contribution in [1.29, 1.82) is 0 Å². The van der Waals surface area contributed by atoms with Gasteiger partial charge in [0.05, 0.1) is 12.8 Å². The molecule has 0 bridgehead atoms. The summed E-state index contributed by atoms with van der Waals surface area (Å²) in [6, 6.07) is 10.7. The maximum atomic E-state index is 12.8. The van der Waals surface area contributed by atoms with E-state index in [-0.39, 0.29) is 5.91 Å². The molecule has 0 radical (unpaired) electrons. The Bertz CT molecular complexity index is 844. The quantitative estimate of drug-likeness (QED) is 0.731. The third kappa shape index (κ3) is 4.61. The Morgan fingerprint density at radius 3 is 2.67 bits per heavy atom. The van der Waals surface area contributed by atoms with Crippen LogP contribution in [-0.2, 0) is 11.3 Å². The molecule has 2 saturated heterocycles. The summed E-state index contributed by atoms with van der Waals surface area (Å²) in [6.07, 6.45) is 4.58. The van der Waals surface area contributed by atoms with E-state index in [1.54, 1.807) is 13.3 Å². The number of carbonyl (C=O) groups is 1. The number of hydrogen-bond donors (Lipinski definition) is 0. The maximum Gasteiger partial charge on any atom is 0.224 e. The Hall–Kier alpha value is -2.54. The Kier molecular flexibility index (Phi) is 6.57. The van der Waals surface area contributed by atoms with Crippen molar-refractivity contribution in [3.63, 3.8) is 0 Å². The number of amides is 1. The SMILES string of the molecule is COc1ccccc1N1CCN(C2CCCN(C(=O)CCn3nccc3C)C2)CC1. The van der Waals surface area contributed by atoms with Crippen LogP contribution in [0.25, 0.3) is 0 Å². The lowest BCUT2D eigenvalue weighted by molar-refractivity contribution is -0.133. The van der Waals surface area contributed by atoms with Gasteiger partial charge in [0.2, 0.25) is 5.91 Å². The molecule has 7 nitrogen and oxygen atoms in total. The van der Waals surface area contributed by atoms with E-state index >= 15 is 0 Å². The second-order valence-electron chi connectivity index (χ2n) is 8.28. The zero-order valence-corrected chi connectivity index (χ0v) is 18.2. The van der Waals surface area contributed by atoms with Crippen molar-refractivity contribution in [1.82, 2.24) is 19.6 Å². The van der Waals surface area contributed by atoms with Crippen LogP contribution in [0.4, 0.5) is 5.69 Å². The Morgan fingerprint density at radius 1 is 1.13 bits per heavy atom. The number of likely N-dealkylation sites (tertiary alicyclic amines) is 1.